The normalized spacial score (nSPS) is 13.2. The Morgan fingerprint density at radius 3 is 2.15 bits per heavy atom. The van der Waals surface area contributed by atoms with Crippen LogP contribution in [0, 0.1) is 0 Å². The molecule has 9 nitrogen and oxygen atoms in total. The second-order valence-corrected chi connectivity index (χ2v) is 7.29. The summed E-state index contributed by atoms with van der Waals surface area (Å²) >= 11 is 0. The molecule has 0 aromatic heterocycles. The Hall–Kier alpha value is -1.34. The quantitative estimate of drug-likeness (QED) is 0.204. The molecule has 0 fully saturated rings. The molecule has 10 heteroatoms. The van der Waals surface area contributed by atoms with Crippen molar-refractivity contribution in [2.24, 2.45) is 5.73 Å². The first-order valence-corrected chi connectivity index (χ1v) is 10.2. The van der Waals surface area contributed by atoms with Crippen molar-refractivity contribution in [3.8, 4) is 0 Å². The molecule has 0 aliphatic heterocycles. The van der Waals surface area contributed by atoms with Crippen LogP contribution in [0.2, 0.25) is 0 Å². The Morgan fingerprint density at radius 1 is 1.04 bits per heavy atom. The SMILES string of the molecule is COO[Si](OCCCN(C=Cc1ccccc1)C(C)CN)(OOC)OOC. The molecule has 27 heavy (non-hydrogen) atoms. The summed E-state index contributed by atoms with van der Waals surface area (Å²) in [6.45, 7) is 3.57. The molecule has 1 aromatic rings. The van der Waals surface area contributed by atoms with Gasteiger partial charge in [0.05, 0.1) is 21.3 Å². The van der Waals surface area contributed by atoms with Crippen LogP contribution in [0.25, 0.3) is 6.08 Å². The molecule has 2 N–H and O–H groups in total. The van der Waals surface area contributed by atoms with Gasteiger partial charge in [-0.05, 0) is 31.2 Å². The van der Waals surface area contributed by atoms with Crippen LogP contribution in [0.3, 0.4) is 0 Å². The topological polar surface area (TPSA) is 93.9 Å². The summed E-state index contributed by atoms with van der Waals surface area (Å²) in [5.74, 6) is 0. The minimum atomic E-state index is -3.70. The van der Waals surface area contributed by atoms with Crippen LogP contribution in [-0.4, -0.2) is 61.0 Å². The van der Waals surface area contributed by atoms with Gasteiger partial charge in [-0.2, -0.15) is 13.7 Å². The Kier molecular flexibility index (Phi) is 12.1. The number of hydrogen-bond donors (Lipinski definition) is 1. The van der Waals surface area contributed by atoms with E-state index < -0.39 is 9.05 Å². The molecule has 154 valence electrons. The van der Waals surface area contributed by atoms with Crippen molar-refractivity contribution in [2.45, 2.75) is 19.4 Å². The molecule has 1 atom stereocenters. The highest BCUT2D eigenvalue weighted by Crippen LogP contribution is 2.14. The van der Waals surface area contributed by atoms with Crippen molar-refractivity contribution in [2.75, 3.05) is 41.0 Å². The van der Waals surface area contributed by atoms with Crippen molar-refractivity contribution in [3.63, 3.8) is 0 Å². The highest BCUT2D eigenvalue weighted by molar-refractivity contribution is 6.52. The number of benzene rings is 1. The van der Waals surface area contributed by atoms with E-state index in [1.165, 1.54) is 21.3 Å². The molecule has 0 amide bonds. The van der Waals surface area contributed by atoms with E-state index >= 15 is 0 Å². The lowest BCUT2D eigenvalue weighted by molar-refractivity contribution is -0.370. The van der Waals surface area contributed by atoms with Crippen molar-refractivity contribution >= 4 is 15.1 Å². The van der Waals surface area contributed by atoms with E-state index in [1.807, 2.05) is 42.6 Å². The first-order valence-electron chi connectivity index (χ1n) is 8.59. The molecular weight excluding hydrogens is 372 g/mol. The fourth-order valence-corrected chi connectivity index (χ4v) is 3.42. The van der Waals surface area contributed by atoms with E-state index in [0.717, 1.165) is 5.56 Å². The zero-order valence-corrected chi connectivity index (χ0v) is 17.3. The second kappa shape index (κ2) is 13.8. The van der Waals surface area contributed by atoms with Gasteiger partial charge in [-0.15, -0.1) is 0 Å². The summed E-state index contributed by atoms with van der Waals surface area (Å²) in [5, 5.41) is 0. The summed E-state index contributed by atoms with van der Waals surface area (Å²) in [6.07, 6.45) is 4.73. The van der Waals surface area contributed by atoms with E-state index in [0.29, 0.717) is 19.5 Å². The molecular formula is C17H30N2O7Si. The Bertz CT molecular complexity index is 504. The molecule has 0 radical (unpaired) electrons. The molecule has 1 aromatic carbocycles. The van der Waals surface area contributed by atoms with Gasteiger partial charge in [-0.25, -0.2) is 14.7 Å². The molecule has 0 spiro atoms. The largest absolute Gasteiger partial charge is 0.764 e. The van der Waals surface area contributed by atoms with Crippen molar-refractivity contribution in [1.82, 2.24) is 4.90 Å². The Balaban J connectivity index is 2.60. The maximum absolute atomic E-state index is 5.82. The van der Waals surface area contributed by atoms with Crippen LogP contribution in [0.1, 0.15) is 18.9 Å². The Labute approximate surface area is 161 Å². The van der Waals surface area contributed by atoms with Gasteiger partial charge in [-0.3, -0.25) is 0 Å². The van der Waals surface area contributed by atoms with Crippen LogP contribution in [-0.2, 0) is 32.8 Å². The van der Waals surface area contributed by atoms with E-state index in [4.69, 9.17) is 23.9 Å². The van der Waals surface area contributed by atoms with Gasteiger partial charge in [0, 0.05) is 25.7 Å². The van der Waals surface area contributed by atoms with E-state index in [1.54, 1.807) is 0 Å². The highest BCUT2D eigenvalue weighted by Gasteiger charge is 2.51. The standard InChI is InChI=1S/C17H30N2O7Si/c1-16(15-18)19(13-11-17-9-6-5-7-10-17)12-8-14-23-27(24-20-2,25-21-3)26-22-4/h5-7,9-11,13,16H,8,12,14-15,18H2,1-4H3. The molecule has 0 saturated heterocycles. The number of nitrogens with zero attached hydrogens (tertiary/aromatic N) is 1. The minimum absolute atomic E-state index is 0.174. The van der Waals surface area contributed by atoms with Crippen LogP contribution >= 0.6 is 0 Å². The van der Waals surface area contributed by atoms with Gasteiger partial charge in [0.1, 0.15) is 0 Å². The minimum Gasteiger partial charge on any atom is -0.373 e. The monoisotopic (exact) mass is 402 g/mol. The van der Waals surface area contributed by atoms with Gasteiger partial charge >= 0.3 is 9.05 Å². The summed E-state index contributed by atoms with van der Waals surface area (Å²) in [7, 11) is 0.221. The number of rotatable bonds is 15. The van der Waals surface area contributed by atoms with Crippen molar-refractivity contribution in [3.05, 3.63) is 42.1 Å². The summed E-state index contributed by atoms with van der Waals surface area (Å²) in [6, 6.07) is 10.2. The fraction of sp³-hybridized carbons (Fsp3) is 0.529. The predicted octanol–water partition coefficient (Wildman–Crippen LogP) is 1.88. The average molecular weight is 403 g/mol. The van der Waals surface area contributed by atoms with Crippen molar-refractivity contribution < 1.29 is 32.8 Å². The molecule has 0 saturated carbocycles. The second-order valence-electron chi connectivity index (χ2n) is 5.50. The molecule has 0 bridgehead atoms. The third-order valence-electron chi connectivity index (χ3n) is 3.56. The number of hydrogen-bond acceptors (Lipinski definition) is 9. The lowest BCUT2D eigenvalue weighted by atomic mass is 10.2. The lowest BCUT2D eigenvalue weighted by Gasteiger charge is -2.27. The van der Waals surface area contributed by atoms with Crippen LogP contribution in [0.4, 0.5) is 0 Å². The summed E-state index contributed by atoms with van der Waals surface area (Å²) in [5.41, 5.74) is 6.94. The molecule has 0 aliphatic rings. The lowest BCUT2D eigenvalue weighted by Crippen LogP contribution is -2.49. The van der Waals surface area contributed by atoms with Gasteiger partial charge in [-0.1, -0.05) is 30.3 Å². The van der Waals surface area contributed by atoms with Gasteiger partial charge in [0.2, 0.25) is 0 Å². The Morgan fingerprint density at radius 2 is 1.63 bits per heavy atom. The van der Waals surface area contributed by atoms with Crippen molar-refractivity contribution in [1.29, 1.82) is 0 Å². The first-order chi connectivity index (χ1) is 13.1. The molecule has 0 heterocycles. The number of nitrogens with two attached hydrogens (primary N) is 1. The average Bonchev–Trinajstić information content (AvgIpc) is 2.68. The fourth-order valence-electron chi connectivity index (χ4n) is 2.19. The molecule has 1 unspecified atom stereocenters. The van der Waals surface area contributed by atoms with Crippen LogP contribution < -0.4 is 5.73 Å². The van der Waals surface area contributed by atoms with Crippen LogP contribution in [0.5, 0.6) is 0 Å². The van der Waals surface area contributed by atoms with Gasteiger partial charge < -0.3 is 15.1 Å². The smallest absolute Gasteiger partial charge is 0.373 e. The predicted molar refractivity (Wildman–Crippen MR) is 101 cm³/mol. The maximum atomic E-state index is 5.82. The van der Waals surface area contributed by atoms with E-state index in [2.05, 4.69) is 26.5 Å². The zero-order valence-electron chi connectivity index (χ0n) is 16.3. The molecule has 1 rings (SSSR count). The third kappa shape index (κ3) is 8.93. The van der Waals surface area contributed by atoms with E-state index in [-0.39, 0.29) is 12.6 Å². The van der Waals surface area contributed by atoms with E-state index in [9.17, 15) is 0 Å². The third-order valence-corrected chi connectivity index (χ3v) is 5.23. The zero-order chi connectivity index (χ0) is 20.0. The summed E-state index contributed by atoms with van der Waals surface area (Å²) in [4.78, 5) is 16.0. The molecule has 0 aliphatic carbocycles. The first kappa shape index (κ1) is 23.7. The maximum Gasteiger partial charge on any atom is 0.764 e. The highest BCUT2D eigenvalue weighted by atomic mass is 28.4. The summed E-state index contributed by atoms with van der Waals surface area (Å²) < 4.78 is 20.5. The van der Waals surface area contributed by atoms with Gasteiger partial charge in [0.15, 0.2) is 0 Å². The van der Waals surface area contributed by atoms with Gasteiger partial charge in [0.25, 0.3) is 0 Å². The van der Waals surface area contributed by atoms with Crippen LogP contribution in [0.15, 0.2) is 36.5 Å².